The lowest BCUT2D eigenvalue weighted by molar-refractivity contribution is 0.0952. The van der Waals surface area contributed by atoms with Crippen LogP contribution >= 0.6 is 0 Å². The van der Waals surface area contributed by atoms with Crippen LogP contribution in [0.1, 0.15) is 16.8 Å². The van der Waals surface area contributed by atoms with Crippen molar-refractivity contribution in [1.82, 2.24) is 15.2 Å². The second-order valence-corrected chi connectivity index (χ2v) is 4.95. The van der Waals surface area contributed by atoms with Gasteiger partial charge < -0.3 is 10.2 Å². The standard InChI is InChI=1S/C15H18FN3O/c1-19(2)8-4-7-17-15(20)12-9-11-5-3-6-13(16)14(11)18-10-12/h3,5-6,9-10H,4,7-8H2,1-2H3,(H,17,20). The van der Waals surface area contributed by atoms with Gasteiger partial charge in [0.1, 0.15) is 11.3 Å². The topological polar surface area (TPSA) is 45.2 Å². The summed E-state index contributed by atoms with van der Waals surface area (Å²) in [5.74, 6) is -0.553. The molecule has 2 rings (SSSR count). The summed E-state index contributed by atoms with van der Waals surface area (Å²) < 4.78 is 13.5. The Labute approximate surface area is 117 Å². The van der Waals surface area contributed by atoms with Crippen molar-refractivity contribution in [2.24, 2.45) is 0 Å². The summed E-state index contributed by atoms with van der Waals surface area (Å²) in [7, 11) is 3.98. The summed E-state index contributed by atoms with van der Waals surface area (Å²) in [6.07, 6.45) is 2.29. The average molecular weight is 275 g/mol. The van der Waals surface area contributed by atoms with E-state index in [0.29, 0.717) is 17.5 Å². The minimum Gasteiger partial charge on any atom is -0.352 e. The van der Waals surface area contributed by atoms with Gasteiger partial charge in [0.15, 0.2) is 0 Å². The van der Waals surface area contributed by atoms with Gasteiger partial charge in [-0.1, -0.05) is 12.1 Å². The van der Waals surface area contributed by atoms with E-state index < -0.39 is 0 Å². The molecule has 5 heteroatoms. The number of hydrogen-bond donors (Lipinski definition) is 1. The van der Waals surface area contributed by atoms with E-state index in [-0.39, 0.29) is 17.2 Å². The normalized spacial score (nSPS) is 11.0. The van der Waals surface area contributed by atoms with Gasteiger partial charge >= 0.3 is 0 Å². The van der Waals surface area contributed by atoms with Crippen LogP contribution in [0.15, 0.2) is 30.5 Å². The lowest BCUT2D eigenvalue weighted by Gasteiger charge is -2.10. The molecule has 2 aromatic rings. The predicted molar refractivity (Wildman–Crippen MR) is 77.2 cm³/mol. The Morgan fingerprint density at radius 3 is 2.95 bits per heavy atom. The summed E-state index contributed by atoms with van der Waals surface area (Å²) in [4.78, 5) is 18.0. The molecule has 4 nitrogen and oxygen atoms in total. The van der Waals surface area contributed by atoms with E-state index in [1.807, 2.05) is 14.1 Å². The number of rotatable bonds is 5. The van der Waals surface area contributed by atoms with Gasteiger partial charge in [-0.25, -0.2) is 4.39 Å². The molecular weight excluding hydrogens is 257 g/mol. The van der Waals surface area contributed by atoms with Crippen LogP contribution in [0.3, 0.4) is 0 Å². The summed E-state index contributed by atoms with van der Waals surface area (Å²) in [5.41, 5.74) is 0.740. The van der Waals surface area contributed by atoms with Crippen molar-refractivity contribution < 1.29 is 9.18 Å². The molecule has 0 unspecified atom stereocenters. The minimum absolute atomic E-state index is 0.178. The number of halogens is 1. The smallest absolute Gasteiger partial charge is 0.252 e. The largest absolute Gasteiger partial charge is 0.352 e. The lowest BCUT2D eigenvalue weighted by Crippen LogP contribution is -2.27. The molecule has 1 aromatic heterocycles. The van der Waals surface area contributed by atoms with E-state index in [4.69, 9.17) is 0 Å². The number of carbonyl (C=O) groups is 1. The second kappa shape index (κ2) is 6.43. The van der Waals surface area contributed by atoms with Crippen LogP contribution in [0.2, 0.25) is 0 Å². The van der Waals surface area contributed by atoms with Crippen molar-refractivity contribution >= 4 is 16.8 Å². The number of nitrogens with zero attached hydrogens (tertiary/aromatic N) is 2. The summed E-state index contributed by atoms with van der Waals surface area (Å²) in [5, 5.41) is 3.46. The van der Waals surface area contributed by atoms with Gasteiger partial charge in [-0.2, -0.15) is 0 Å². The van der Waals surface area contributed by atoms with Gasteiger partial charge in [0, 0.05) is 18.1 Å². The van der Waals surface area contributed by atoms with Gasteiger partial charge in [-0.15, -0.1) is 0 Å². The van der Waals surface area contributed by atoms with Crippen LogP contribution in [0.25, 0.3) is 10.9 Å². The van der Waals surface area contributed by atoms with E-state index >= 15 is 0 Å². The zero-order chi connectivity index (χ0) is 14.5. The van der Waals surface area contributed by atoms with Crippen molar-refractivity contribution in [2.75, 3.05) is 27.2 Å². The Morgan fingerprint density at radius 2 is 2.20 bits per heavy atom. The molecule has 0 aliphatic heterocycles. The third-order valence-corrected chi connectivity index (χ3v) is 2.99. The van der Waals surface area contributed by atoms with Gasteiger partial charge in [0.25, 0.3) is 5.91 Å². The molecule has 0 aliphatic carbocycles. The fraction of sp³-hybridized carbons (Fsp3) is 0.333. The molecule has 106 valence electrons. The highest BCUT2D eigenvalue weighted by atomic mass is 19.1. The van der Waals surface area contributed by atoms with Crippen molar-refractivity contribution in [3.63, 3.8) is 0 Å². The summed E-state index contributed by atoms with van der Waals surface area (Å²) in [6.45, 7) is 1.53. The van der Waals surface area contributed by atoms with Crippen molar-refractivity contribution in [2.45, 2.75) is 6.42 Å². The van der Waals surface area contributed by atoms with Crippen LogP contribution in [-0.2, 0) is 0 Å². The van der Waals surface area contributed by atoms with E-state index in [2.05, 4.69) is 15.2 Å². The van der Waals surface area contributed by atoms with Gasteiger partial charge in [-0.3, -0.25) is 9.78 Å². The number of nitrogens with one attached hydrogen (secondary N) is 1. The maximum absolute atomic E-state index is 13.5. The van der Waals surface area contributed by atoms with Crippen molar-refractivity contribution in [1.29, 1.82) is 0 Å². The number of carbonyl (C=O) groups excluding carboxylic acids is 1. The van der Waals surface area contributed by atoms with E-state index in [0.717, 1.165) is 13.0 Å². The average Bonchev–Trinajstić information content (AvgIpc) is 2.43. The summed E-state index contributed by atoms with van der Waals surface area (Å²) >= 11 is 0. The van der Waals surface area contributed by atoms with Crippen LogP contribution in [0, 0.1) is 5.82 Å². The third-order valence-electron chi connectivity index (χ3n) is 2.99. The molecule has 0 atom stereocenters. The van der Waals surface area contributed by atoms with Crippen LogP contribution in [0.5, 0.6) is 0 Å². The zero-order valence-corrected chi connectivity index (χ0v) is 11.7. The first-order valence-electron chi connectivity index (χ1n) is 6.55. The molecule has 1 N–H and O–H groups in total. The second-order valence-electron chi connectivity index (χ2n) is 4.95. The molecule has 20 heavy (non-hydrogen) atoms. The number of benzene rings is 1. The van der Waals surface area contributed by atoms with E-state index in [1.165, 1.54) is 12.3 Å². The van der Waals surface area contributed by atoms with Gasteiger partial charge in [0.2, 0.25) is 0 Å². The van der Waals surface area contributed by atoms with E-state index in [1.54, 1.807) is 18.2 Å². The molecule has 0 spiro atoms. The molecule has 1 amide bonds. The van der Waals surface area contributed by atoms with Crippen LogP contribution in [-0.4, -0.2) is 43.0 Å². The van der Waals surface area contributed by atoms with Gasteiger partial charge in [0.05, 0.1) is 5.56 Å². The van der Waals surface area contributed by atoms with Crippen molar-refractivity contribution in [3.05, 3.63) is 41.8 Å². The Hall–Kier alpha value is -2.01. The monoisotopic (exact) mass is 275 g/mol. The number of hydrogen-bond acceptors (Lipinski definition) is 3. The highest BCUT2D eigenvalue weighted by Crippen LogP contribution is 2.16. The number of aromatic nitrogens is 1. The summed E-state index contributed by atoms with van der Waals surface area (Å²) in [6, 6.07) is 6.37. The lowest BCUT2D eigenvalue weighted by atomic mass is 10.1. The fourth-order valence-electron chi connectivity index (χ4n) is 1.95. The van der Waals surface area contributed by atoms with E-state index in [9.17, 15) is 9.18 Å². The Bertz CT molecular complexity index is 613. The quantitative estimate of drug-likeness (QED) is 0.850. The molecule has 1 aromatic carbocycles. The highest BCUT2D eigenvalue weighted by Gasteiger charge is 2.08. The van der Waals surface area contributed by atoms with Gasteiger partial charge in [-0.05, 0) is 39.2 Å². The number of fused-ring (bicyclic) bond motifs is 1. The third kappa shape index (κ3) is 3.51. The highest BCUT2D eigenvalue weighted by molar-refractivity contribution is 5.97. The first-order valence-corrected chi connectivity index (χ1v) is 6.55. The molecule has 0 aliphatic rings. The molecular formula is C15H18FN3O. The Balaban J connectivity index is 2.03. The minimum atomic E-state index is -0.375. The SMILES string of the molecule is CN(C)CCCNC(=O)c1cnc2c(F)cccc2c1. The molecule has 0 fully saturated rings. The number of pyridine rings is 1. The first-order chi connectivity index (χ1) is 9.58. The number of amides is 1. The maximum atomic E-state index is 13.5. The molecule has 0 saturated heterocycles. The number of para-hydroxylation sites is 1. The predicted octanol–water partition coefficient (Wildman–Crippen LogP) is 2.06. The Kier molecular flexibility index (Phi) is 4.63. The molecule has 1 heterocycles. The van der Waals surface area contributed by atoms with Crippen LogP contribution < -0.4 is 5.32 Å². The fourth-order valence-corrected chi connectivity index (χ4v) is 1.95. The van der Waals surface area contributed by atoms with Crippen LogP contribution in [0.4, 0.5) is 4.39 Å². The Morgan fingerprint density at radius 1 is 1.40 bits per heavy atom. The van der Waals surface area contributed by atoms with Crippen molar-refractivity contribution in [3.8, 4) is 0 Å². The zero-order valence-electron chi connectivity index (χ0n) is 11.7. The maximum Gasteiger partial charge on any atom is 0.252 e. The molecule has 0 saturated carbocycles. The molecule has 0 radical (unpaired) electrons. The first kappa shape index (κ1) is 14.4. The molecule has 0 bridgehead atoms.